The molecule has 0 fully saturated rings. The Morgan fingerprint density at radius 2 is 2.00 bits per heavy atom. The molecule has 1 amide bonds. The molecule has 1 heterocycles. The molecule has 0 saturated heterocycles. The lowest BCUT2D eigenvalue weighted by atomic mass is 10.2. The fourth-order valence-electron chi connectivity index (χ4n) is 1.71. The lowest BCUT2D eigenvalue weighted by Gasteiger charge is -2.09. The van der Waals surface area contributed by atoms with Gasteiger partial charge in [-0.1, -0.05) is 18.2 Å². The minimum Gasteiger partial charge on any atom is -0.361 e. The van der Waals surface area contributed by atoms with Crippen LogP contribution in [0.15, 0.2) is 36.4 Å². The number of nitrogens with one attached hydrogen (secondary N) is 2. The zero-order valence-corrected chi connectivity index (χ0v) is 10.6. The molecule has 0 aliphatic carbocycles. The standard InChI is InChI=1S/C14H17N3O/c1-10(2)16-14(18)9-15-13-8-7-11-5-3-4-6-12(11)17-13/h3-8,10H,9H2,1-2H3,(H,15,17)(H,16,18). The predicted molar refractivity (Wildman–Crippen MR) is 73.5 cm³/mol. The molecule has 4 nitrogen and oxygen atoms in total. The van der Waals surface area contributed by atoms with Crippen LogP contribution in [0.4, 0.5) is 5.82 Å². The van der Waals surface area contributed by atoms with E-state index in [-0.39, 0.29) is 18.5 Å². The van der Waals surface area contributed by atoms with Gasteiger partial charge in [0.1, 0.15) is 5.82 Å². The van der Waals surface area contributed by atoms with Crippen molar-refractivity contribution in [1.29, 1.82) is 0 Å². The molecule has 94 valence electrons. The third kappa shape index (κ3) is 3.20. The summed E-state index contributed by atoms with van der Waals surface area (Å²) in [6.45, 7) is 4.11. The van der Waals surface area contributed by atoms with Crippen molar-refractivity contribution in [2.45, 2.75) is 19.9 Å². The lowest BCUT2D eigenvalue weighted by Crippen LogP contribution is -2.34. The number of pyridine rings is 1. The van der Waals surface area contributed by atoms with Crippen molar-refractivity contribution in [3.63, 3.8) is 0 Å². The zero-order chi connectivity index (χ0) is 13.0. The number of benzene rings is 1. The maximum atomic E-state index is 11.5. The molecule has 0 saturated carbocycles. The molecule has 1 aromatic carbocycles. The van der Waals surface area contributed by atoms with Crippen molar-refractivity contribution in [3.05, 3.63) is 36.4 Å². The maximum Gasteiger partial charge on any atom is 0.239 e. The molecule has 0 unspecified atom stereocenters. The fourth-order valence-corrected chi connectivity index (χ4v) is 1.71. The Kier molecular flexibility index (Phi) is 3.77. The van der Waals surface area contributed by atoms with Gasteiger partial charge in [-0.25, -0.2) is 4.98 Å². The molecule has 2 rings (SSSR count). The number of nitrogens with zero attached hydrogens (tertiary/aromatic N) is 1. The van der Waals surface area contributed by atoms with Crippen LogP contribution in [0.1, 0.15) is 13.8 Å². The number of carbonyl (C=O) groups is 1. The van der Waals surface area contributed by atoms with Gasteiger partial charge in [0.15, 0.2) is 0 Å². The minimum atomic E-state index is -0.0278. The highest BCUT2D eigenvalue weighted by Crippen LogP contribution is 2.14. The van der Waals surface area contributed by atoms with Gasteiger partial charge in [0.05, 0.1) is 12.1 Å². The Hall–Kier alpha value is -2.10. The second-order valence-corrected chi connectivity index (χ2v) is 4.46. The Labute approximate surface area is 106 Å². The summed E-state index contributed by atoms with van der Waals surface area (Å²) in [5, 5.41) is 6.93. The number of aromatic nitrogens is 1. The number of fused-ring (bicyclic) bond motifs is 1. The van der Waals surface area contributed by atoms with Gasteiger partial charge < -0.3 is 10.6 Å². The van der Waals surface area contributed by atoms with Gasteiger partial charge in [0.25, 0.3) is 0 Å². The summed E-state index contributed by atoms with van der Waals surface area (Å²) >= 11 is 0. The highest BCUT2D eigenvalue weighted by Gasteiger charge is 2.03. The van der Waals surface area contributed by atoms with Crippen LogP contribution in [0.3, 0.4) is 0 Å². The van der Waals surface area contributed by atoms with Crippen LogP contribution in [0.2, 0.25) is 0 Å². The van der Waals surface area contributed by atoms with Crippen LogP contribution >= 0.6 is 0 Å². The number of amides is 1. The number of para-hydroxylation sites is 1. The Bertz CT molecular complexity index is 551. The van der Waals surface area contributed by atoms with Gasteiger partial charge in [-0.3, -0.25) is 4.79 Å². The Morgan fingerprint density at radius 3 is 2.78 bits per heavy atom. The molecule has 0 atom stereocenters. The van der Waals surface area contributed by atoms with Gasteiger partial charge in [-0.2, -0.15) is 0 Å². The summed E-state index contributed by atoms with van der Waals surface area (Å²) in [6, 6.07) is 11.9. The smallest absolute Gasteiger partial charge is 0.239 e. The van der Waals surface area contributed by atoms with Gasteiger partial charge >= 0.3 is 0 Å². The van der Waals surface area contributed by atoms with Gasteiger partial charge in [0.2, 0.25) is 5.91 Å². The van der Waals surface area contributed by atoms with Crippen molar-refractivity contribution in [3.8, 4) is 0 Å². The van der Waals surface area contributed by atoms with Gasteiger partial charge in [-0.05, 0) is 32.0 Å². The summed E-state index contributed by atoms with van der Waals surface area (Å²) in [5.74, 6) is 0.688. The van der Waals surface area contributed by atoms with Crippen molar-refractivity contribution in [1.82, 2.24) is 10.3 Å². The zero-order valence-electron chi connectivity index (χ0n) is 10.6. The van der Waals surface area contributed by atoms with Crippen molar-refractivity contribution >= 4 is 22.6 Å². The van der Waals surface area contributed by atoms with Crippen LogP contribution < -0.4 is 10.6 Å². The van der Waals surface area contributed by atoms with E-state index in [2.05, 4.69) is 15.6 Å². The molecule has 0 aliphatic rings. The van der Waals surface area contributed by atoms with E-state index >= 15 is 0 Å². The molecular formula is C14H17N3O. The van der Waals surface area contributed by atoms with E-state index in [4.69, 9.17) is 0 Å². The maximum absolute atomic E-state index is 11.5. The SMILES string of the molecule is CC(C)NC(=O)CNc1ccc2ccccc2n1. The number of rotatable bonds is 4. The normalized spacial score (nSPS) is 10.6. The van der Waals surface area contributed by atoms with Crippen LogP contribution in [0, 0.1) is 0 Å². The van der Waals surface area contributed by atoms with E-state index in [1.54, 1.807) is 0 Å². The molecule has 0 bridgehead atoms. The highest BCUT2D eigenvalue weighted by atomic mass is 16.1. The first-order valence-electron chi connectivity index (χ1n) is 6.04. The van der Waals surface area contributed by atoms with Crippen LogP contribution in [0.25, 0.3) is 10.9 Å². The summed E-state index contributed by atoms with van der Waals surface area (Å²) < 4.78 is 0. The van der Waals surface area contributed by atoms with E-state index in [1.807, 2.05) is 50.2 Å². The topological polar surface area (TPSA) is 54.0 Å². The van der Waals surface area contributed by atoms with E-state index in [0.717, 1.165) is 10.9 Å². The largest absolute Gasteiger partial charge is 0.361 e. The number of hydrogen-bond acceptors (Lipinski definition) is 3. The Morgan fingerprint density at radius 1 is 1.22 bits per heavy atom. The summed E-state index contributed by atoms with van der Waals surface area (Å²) in [6.07, 6.45) is 0. The average Bonchev–Trinajstić information content (AvgIpc) is 2.35. The fraction of sp³-hybridized carbons (Fsp3) is 0.286. The highest BCUT2D eigenvalue weighted by molar-refractivity contribution is 5.82. The van der Waals surface area contributed by atoms with Crippen LogP contribution in [0.5, 0.6) is 0 Å². The van der Waals surface area contributed by atoms with Crippen molar-refractivity contribution < 1.29 is 4.79 Å². The molecule has 18 heavy (non-hydrogen) atoms. The van der Waals surface area contributed by atoms with E-state index in [0.29, 0.717) is 5.82 Å². The van der Waals surface area contributed by atoms with E-state index in [9.17, 15) is 4.79 Å². The quantitative estimate of drug-likeness (QED) is 0.865. The summed E-state index contributed by atoms with van der Waals surface area (Å²) in [4.78, 5) is 15.9. The molecule has 1 aromatic heterocycles. The van der Waals surface area contributed by atoms with E-state index < -0.39 is 0 Å². The van der Waals surface area contributed by atoms with Gasteiger partial charge in [-0.15, -0.1) is 0 Å². The number of anilines is 1. The lowest BCUT2D eigenvalue weighted by molar-refractivity contribution is -0.119. The van der Waals surface area contributed by atoms with Crippen molar-refractivity contribution in [2.75, 3.05) is 11.9 Å². The van der Waals surface area contributed by atoms with Gasteiger partial charge in [0, 0.05) is 11.4 Å². The first-order valence-corrected chi connectivity index (χ1v) is 6.04. The predicted octanol–water partition coefficient (Wildman–Crippen LogP) is 2.17. The van der Waals surface area contributed by atoms with Crippen LogP contribution in [-0.4, -0.2) is 23.5 Å². The number of carbonyl (C=O) groups excluding carboxylic acids is 1. The van der Waals surface area contributed by atoms with Crippen LogP contribution in [-0.2, 0) is 4.79 Å². The molecular weight excluding hydrogens is 226 g/mol. The third-order valence-electron chi connectivity index (χ3n) is 2.48. The molecule has 0 radical (unpaired) electrons. The second kappa shape index (κ2) is 5.49. The second-order valence-electron chi connectivity index (χ2n) is 4.46. The summed E-state index contributed by atoms with van der Waals surface area (Å²) in [5.41, 5.74) is 0.923. The minimum absolute atomic E-state index is 0.0278. The monoisotopic (exact) mass is 243 g/mol. The number of hydrogen-bond donors (Lipinski definition) is 2. The molecule has 2 aromatic rings. The summed E-state index contributed by atoms with van der Waals surface area (Å²) in [7, 11) is 0. The first-order chi connectivity index (χ1) is 8.65. The third-order valence-corrected chi connectivity index (χ3v) is 2.48. The average molecular weight is 243 g/mol. The van der Waals surface area contributed by atoms with E-state index in [1.165, 1.54) is 0 Å². The first kappa shape index (κ1) is 12.4. The molecule has 4 heteroatoms. The molecule has 0 aliphatic heterocycles. The molecule has 0 spiro atoms. The molecule has 2 N–H and O–H groups in total. The Balaban J connectivity index is 2.01. The van der Waals surface area contributed by atoms with Crippen molar-refractivity contribution in [2.24, 2.45) is 0 Å².